The monoisotopic (exact) mass is 342 g/mol. The number of nitrogens with zero attached hydrogens (tertiary/aromatic N) is 2. The maximum atomic E-state index is 12.4. The Morgan fingerprint density at radius 3 is 2.35 bits per heavy atom. The van der Waals surface area contributed by atoms with Crippen molar-refractivity contribution in [2.24, 2.45) is 0 Å². The maximum Gasteiger partial charge on any atom is 0.410 e. The first-order chi connectivity index (χ1) is 10.4. The van der Waals surface area contributed by atoms with Gasteiger partial charge in [0.1, 0.15) is 5.60 Å². The van der Waals surface area contributed by atoms with Gasteiger partial charge in [0, 0.05) is 37.2 Å². The highest BCUT2D eigenvalue weighted by Gasteiger charge is 2.41. The fourth-order valence-corrected chi connectivity index (χ4v) is 3.42. The van der Waals surface area contributed by atoms with Gasteiger partial charge in [-0.05, 0) is 47.1 Å². The topological polar surface area (TPSA) is 49.9 Å². The normalized spacial score (nSPS) is 23.1. The van der Waals surface area contributed by atoms with Crippen LogP contribution in [-0.2, 0) is 9.53 Å². The first-order valence-electron chi connectivity index (χ1n) is 8.07. The number of amides is 2. The summed E-state index contributed by atoms with van der Waals surface area (Å²) >= 11 is 6.42. The Morgan fingerprint density at radius 1 is 1.22 bits per heavy atom. The van der Waals surface area contributed by atoms with E-state index < -0.39 is 5.60 Å². The van der Waals surface area contributed by atoms with Gasteiger partial charge in [0.05, 0.1) is 5.38 Å². The van der Waals surface area contributed by atoms with Gasteiger partial charge in [-0.1, -0.05) is 0 Å². The zero-order valence-corrected chi connectivity index (χ0v) is 15.7. The molecule has 130 valence electrons. The van der Waals surface area contributed by atoms with E-state index >= 15 is 0 Å². The van der Waals surface area contributed by atoms with Gasteiger partial charge in [-0.15, -0.1) is 11.6 Å². The molecule has 0 spiro atoms. The van der Waals surface area contributed by atoms with Crippen molar-refractivity contribution in [2.75, 3.05) is 13.1 Å². The molecule has 2 heterocycles. The van der Waals surface area contributed by atoms with Crippen molar-refractivity contribution in [2.45, 2.75) is 70.9 Å². The quantitative estimate of drug-likeness (QED) is 0.633. The number of ether oxygens (including phenoxy) is 1. The van der Waals surface area contributed by atoms with Crippen molar-refractivity contribution >= 4 is 23.6 Å². The summed E-state index contributed by atoms with van der Waals surface area (Å²) in [6.45, 7) is 12.6. The Hall–Kier alpha value is -1.23. The molecule has 2 aliphatic rings. The summed E-state index contributed by atoms with van der Waals surface area (Å²) in [4.78, 5) is 28.2. The average Bonchev–Trinajstić information content (AvgIpc) is 2.34. The third kappa shape index (κ3) is 4.00. The van der Waals surface area contributed by atoms with Crippen LogP contribution in [0, 0.1) is 0 Å². The van der Waals surface area contributed by atoms with E-state index in [0.717, 1.165) is 11.3 Å². The number of alkyl halides is 1. The summed E-state index contributed by atoms with van der Waals surface area (Å²) in [5, 5.41) is -0.346. The molecule has 0 saturated carbocycles. The van der Waals surface area contributed by atoms with Crippen molar-refractivity contribution in [3.8, 4) is 0 Å². The lowest BCUT2D eigenvalue weighted by Crippen LogP contribution is -2.53. The molecule has 23 heavy (non-hydrogen) atoms. The Labute approximate surface area is 143 Å². The molecule has 2 rings (SSSR count). The highest BCUT2D eigenvalue weighted by Crippen LogP contribution is 2.37. The van der Waals surface area contributed by atoms with Gasteiger partial charge in [0.15, 0.2) is 0 Å². The van der Waals surface area contributed by atoms with Gasteiger partial charge >= 0.3 is 6.09 Å². The first-order valence-corrected chi connectivity index (χ1v) is 8.51. The Bertz CT molecular complexity index is 543. The highest BCUT2D eigenvalue weighted by atomic mass is 35.5. The molecule has 1 unspecified atom stereocenters. The van der Waals surface area contributed by atoms with Gasteiger partial charge in [0.25, 0.3) is 0 Å². The van der Waals surface area contributed by atoms with Crippen LogP contribution in [0.1, 0.15) is 54.4 Å². The van der Waals surface area contributed by atoms with E-state index in [4.69, 9.17) is 16.3 Å². The minimum atomic E-state index is -0.522. The van der Waals surface area contributed by atoms with E-state index in [-0.39, 0.29) is 29.3 Å². The lowest BCUT2D eigenvalue weighted by molar-refractivity contribution is -0.134. The van der Waals surface area contributed by atoms with Crippen molar-refractivity contribution in [1.82, 2.24) is 9.80 Å². The molecule has 0 saturated heterocycles. The predicted octanol–water partition coefficient (Wildman–Crippen LogP) is 3.52. The van der Waals surface area contributed by atoms with Crippen molar-refractivity contribution in [3.05, 3.63) is 11.3 Å². The van der Waals surface area contributed by atoms with Crippen LogP contribution in [0.4, 0.5) is 4.79 Å². The third-order valence-corrected chi connectivity index (χ3v) is 4.34. The smallest absolute Gasteiger partial charge is 0.410 e. The van der Waals surface area contributed by atoms with Crippen LogP contribution >= 0.6 is 11.6 Å². The average molecular weight is 343 g/mol. The molecular weight excluding hydrogens is 316 g/mol. The van der Waals surface area contributed by atoms with Crippen molar-refractivity contribution in [3.63, 3.8) is 0 Å². The molecule has 2 amide bonds. The van der Waals surface area contributed by atoms with Gasteiger partial charge < -0.3 is 14.5 Å². The second-order valence-corrected chi connectivity index (χ2v) is 8.72. The molecule has 0 bridgehead atoms. The lowest BCUT2D eigenvalue weighted by Gasteiger charge is -2.46. The van der Waals surface area contributed by atoms with Crippen LogP contribution in [-0.4, -0.2) is 51.4 Å². The number of hydrogen-bond acceptors (Lipinski definition) is 3. The first kappa shape index (κ1) is 18.1. The number of rotatable bonds is 0. The van der Waals surface area contributed by atoms with E-state index in [1.165, 1.54) is 0 Å². The Kier molecular flexibility index (Phi) is 4.73. The second kappa shape index (κ2) is 6.00. The molecule has 0 radical (unpaired) electrons. The van der Waals surface area contributed by atoms with Crippen LogP contribution in [0.15, 0.2) is 11.3 Å². The van der Waals surface area contributed by atoms with Gasteiger partial charge in [0.2, 0.25) is 5.91 Å². The summed E-state index contributed by atoms with van der Waals surface area (Å²) in [5.74, 6) is 0.0574. The molecule has 0 aromatic carbocycles. The molecule has 5 nitrogen and oxygen atoms in total. The van der Waals surface area contributed by atoms with Gasteiger partial charge in [-0.25, -0.2) is 4.79 Å². The van der Waals surface area contributed by atoms with E-state index in [0.29, 0.717) is 19.5 Å². The molecule has 0 aliphatic carbocycles. The number of hydrogen-bond donors (Lipinski definition) is 0. The fourth-order valence-electron chi connectivity index (χ4n) is 3.09. The van der Waals surface area contributed by atoms with Crippen LogP contribution in [0.3, 0.4) is 0 Å². The minimum Gasteiger partial charge on any atom is -0.444 e. The SMILES string of the molecule is CC(C)(C)OC(=O)N1CCC2=C(C1)C(Cl)CC(=O)N2C(C)(C)C. The summed E-state index contributed by atoms with van der Waals surface area (Å²) in [5.41, 5.74) is 1.14. The zero-order valence-electron chi connectivity index (χ0n) is 14.9. The molecule has 0 aromatic heterocycles. The van der Waals surface area contributed by atoms with Crippen molar-refractivity contribution in [1.29, 1.82) is 0 Å². The molecule has 0 fully saturated rings. The Morgan fingerprint density at radius 2 is 1.83 bits per heavy atom. The maximum absolute atomic E-state index is 12.4. The third-order valence-electron chi connectivity index (χ3n) is 3.92. The van der Waals surface area contributed by atoms with Crippen LogP contribution < -0.4 is 0 Å². The van der Waals surface area contributed by atoms with Crippen LogP contribution in [0.25, 0.3) is 0 Å². The summed E-state index contributed by atoms with van der Waals surface area (Å²) in [6.07, 6.45) is 0.577. The number of halogens is 1. The summed E-state index contributed by atoms with van der Waals surface area (Å²) in [6, 6.07) is 0. The fraction of sp³-hybridized carbons (Fsp3) is 0.765. The second-order valence-electron chi connectivity index (χ2n) is 8.20. The Balaban J connectivity index is 2.25. The molecule has 1 atom stereocenters. The standard InChI is InChI=1S/C17H27ClN2O3/c1-16(2,3)20-13-7-8-19(15(22)23-17(4,5)6)10-11(13)12(18)9-14(20)21/h12H,7-10H2,1-6H3. The molecule has 2 aliphatic heterocycles. The zero-order chi connectivity index (χ0) is 17.6. The van der Waals surface area contributed by atoms with Gasteiger partial charge in [-0.2, -0.15) is 0 Å². The molecule has 6 heteroatoms. The highest BCUT2D eigenvalue weighted by molar-refractivity contribution is 6.24. The van der Waals surface area contributed by atoms with E-state index in [1.807, 2.05) is 46.4 Å². The number of carbonyl (C=O) groups excluding carboxylic acids is 2. The predicted molar refractivity (Wildman–Crippen MR) is 90.3 cm³/mol. The largest absolute Gasteiger partial charge is 0.444 e. The summed E-state index contributed by atoms with van der Waals surface area (Å²) in [7, 11) is 0. The van der Waals surface area contributed by atoms with Crippen LogP contribution in [0.2, 0.25) is 0 Å². The van der Waals surface area contributed by atoms with E-state index in [2.05, 4.69) is 0 Å². The molecule has 0 N–H and O–H groups in total. The van der Waals surface area contributed by atoms with Gasteiger partial charge in [-0.3, -0.25) is 4.79 Å². The lowest BCUT2D eigenvalue weighted by atomic mass is 9.91. The van der Waals surface area contributed by atoms with Crippen molar-refractivity contribution < 1.29 is 14.3 Å². The summed E-state index contributed by atoms with van der Waals surface area (Å²) < 4.78 is 5.45. The minimum absolute atomic E-state index is 0.0574. The molecular formula is C17H27ClN2O3. The molecule has 0 aromatic rings. The number of carbonyl (C=O) groups is 2. The van der Waals surface area contributed by atoms with E-state index in [9.17, 15) is 9.59 Å². The van der Waals surface area contributed by atoms with E-state index in [1.54, 1.807) is 4.90 Å². The van der Waals surface area contributed by atoms with Crippen LogP contribution in [0.5, 0.6) is 0 Å².